The molecule has 124 valence electrons. The summed E-state index contributed by atoms with van der Waals surface area (Å²) in [5.74, 6) is -0.162. The number of amides is 2. The van der Waals surface area contributed by atoms with Gasteiger partial charge in [0, 0.05) is 25.8 Å². The zero-order chi connectivity index (χ0) is 17.2. The fourth-order valence-electron chi connectivity index (χ4n) is 2.50. The fraction of sp³-hybridized carbons (Fsp3) is 0.444. The number of rotatable bonds is 2. The van der Waals surface area contributed by atoms with Gasteiger partial charge in [0.2, 0.25) is 5.91 Å². The Morgan fingerprint density at radius 2 is 2.00 bits per heavy atom. The van der Waals surface area contributed by atoms with E-state index in [-0.39, 0.29) is 12.0 Å². The first-order valence-corrected chi connectivity index (χ1v) is 7.71. The minimum atomic E-state index is -0.504. The second-order valence-electron chi connectivity index (χ2n) is 6.71. The number of carbonyl (C=O) groups is 2. The third-order valence-corrected chi connectivity index (χ3v) is 3.75. The van der Waals surface area contributed by atoms with Crippen LogP contribution in [0.5, 0.6) is 0 Å². The summed E-state index contributed by atoms with van der Waals surface area (Å²) in [6.45, 7) is 10.2. The van der Waals surface area contributed by atoms with Gasteiger partial charge in [-0.05, 0) is 56.5 Å². The molecule has 1 aliphatic heterocycles. The average Bonchev–Trinajstić information content (AvgIpc) is 2.50. The van der Waals surface area contributed by atoms with Crippen molar-refractivity contribution in [3.8, 4) is 0 Å². The minimum absolute atomic E-state index is 0.162. The molecule has 1 aliphatic rings. The maximum absolute atomic E-state index is 12.2. The highest BCUT2D eigenvalue weighted by Crippen LogP contribution is 2.25. The number of ether oxygens (including phenoxy) is 1. The minimum Gasteiger partial charge on any atom is -0.444 e. The van der Waals surface area contributed by atoms with Crippen molar-refractivity contribution >= 4 is 17.7 Å². The van der Waals surface area contributed by atoms with E-state index in [2.05, 4.69) is 6.58 Å². The van der Waals surface area contributed by atoms with Gasteiger partial charge in [0.15, 0.2) is 0 Å². The molecule has 1 aromatic carbocycles. The number of fused-ring (bicyclic) bond motifs is 1. The number of benzene rings is 1. The molecule has 0 bridgehead atoms. The monoisotopic (exact) mass is 316 g/mol. The molecule has 0 atom stereocenters. The average molecular weight is 316 g/mol. The van der Waals surface area contributed by atoms with Gasteiger partial charge in [-0.2, -0.15) is 0 Å². The Morgan fingerprint density at radius 1 is 1.30 bits per heavy atom. The van der Waals surface area contributed by atoms with E-state index in [4.69, 9.17) is 4.74 Å². The molecule has 0 N–H and O–H groups in total. The van der Waals surface area contributed by atoms with Gasteiger partial charge in [0.05, 0.1) is 0 Å². The van der Waals surface area contributed by atoms with Crippen LogP contribution >= 0.6 is 0 Å². The Balaban J connectivity index is 2.17. The molecule has 5 nitrogen and oxygen atoms in total. The van der Waals surface area contributed by atoms with E-state index >= 15 is 0 Å². The van der Waals surface area contributed by atoms with Crippen molar-refractivity contribution in [2.24, 2.45) is 0 Å². The molecule has 23 heavy (non-hydrogen) atoms. The van der Waals surface area contributed by atoms with Crippen LogP contribution in [-0.4, -0.2) is 36.1 Å². The van der Waals surface area contributed by atoms with E-state index in [1.807, 2.05) is 39.0 Å². The van der Waals surface area contributed by atoms with E-state index in [1.165, 1.54) is 11.6 Å². The molecule has 0 radical (unpaired) electrons. The van der Waals surface area contributed by atoms with Crippen LogP contribution in [0.4, 0.5) is 10.5 Å². The summed E-state index contributed by atoms with van der Waals surface area (Å²) in [5.41, 5.74) is 2.53. The van der Waals surface area contributed by atoms with Gasteiger partial charge in [0.1, 0.15) is 5.60 Å². The third-order valence-electron chi connectivity index (χ3n) is 3.75. The molecule has 0 aliphatic carbocycles. The lowest BCUT2D eigenvalue weighted by Gasteiger charge is -2.31. The fourth-order valence-corrected chi connectivity index (χ4v) is 2.50. The molecule has 1 aromatic rings. The molecule has 0 aromatic heterocycles. The van der Waals surface area contributed by atoms with Crippen molar-refractivity contribution < 1.29 is 14.3 Å². The lowest BCUT2D eigenvalue weighted by atomic mass is 9.99. The second-order valence-corrected chi connectivity index (χ2v) is 6.71. The van der Waals surface area contributed by atoms with E-state index in [0.717, 1.165) is 17.7 Å². The molecule has 0 spiro atoms. The number of hydrogen-bond donors (Lipinski definition) is 0. The van der Waals surface area contributed by atoms with Gasteiger partial charge in [-0.25, -0.2) is 4.79 Å². The highest BCUT2D eigenvalue weighted by atomic mass is 16.6. The van der Waals surface area contributed by atoms with Crippen molar-refractivity contribution in [3.63, 3.8) is 0 Å². The third kappa shape index (κ3) is 4.12. The first-order valence-electron chi connectivity index (χ1n) is 7.71. The Morgan fingerprint density at radius 3 is 2.61 bits per heavy atom. The van der Waals surface area contributed by atoms with Gasteiger partial charge in [0.25, 0.3) is 0 Å². The molecule has 0 saturated carbocycles. The lowest BCUT2D eigenvalue weighted by Crippen LogP contribution is -2.40. The molecule has 2 amide bonds. The standard InChI is InChI=1S/C18H24N2O3/c1-6-16(21)19(5)15-8-7-13-9-10-20(12-14(13)11-15)17(22)23-18(2,3)4/h6-8,11H,1,9-10,12H2,2-5H3. The van der Waals surface area contributed by atoms with Crippen LogP contribution < -0.4 is 4.90 Å². The molecule has 1 heterocycles. The van der Waals surface area contributed by atoms with E-state index < -0.39 is 5.60 Å². The van der Waals surface area contributed by atoms with Crippen molar-refractivity contribution in [2.45, 2.75) is 39.3 Å². The van der Waals surface area contributed by atoms with Crippen LogP contribution in [0.15, 0.2) is 30.9 Å². The summed E-state index contributed by atoms with van der Waals surface area (Å²) in [7, 11) is 1.71. The predicted octanol–water partition coefficient (Wildman–Crippen LogP) is 3.13. The van der Waals surface area contributed by atoms with Gasteiger partial charge in [-0.3, -0.25) is 4.79 Å². The SMILES string of the molecule is C=CC(=O)N(C)c1ccc2c(c1)CN(C(=O)OC(C)(C)C)CC2. The highest BCUT2D eigenvalue weighted by Gasteiger charge is 2.26. The van der Waals surface area contributed by atoms with Crippen LogP contribution in [0.25, 0.3) is 0 Å². The smallest absolute Gasteiger partial charge is 0.410 e. The maximum Gasteiger partial charge on any atom is 0.410 e. The Labute approximate surface area is 137 Å². The molecule has 5 heteroatoms. The molecular weight excluding hydrogens is 292 g/mol. The van der Waals surface area contributed by atoms with E-state index in [0.29, 0.717) is 13.1 Å². The zero-order valence-electron chi connectivity index (χ0n) is 14.3. The summed E-state index contributed by atoms with van der Waals surface area (Å²) in [5, 5.41) is 0. The number of likely N-dealkylation sites (N-methyl/N-ethyl adjacent to an activating group) is 1. The van der Waals surface area contributed by atoms with E-state index in [9.17, 15) is 9.59 Å². The Hall–Kier alpha value is -2.30. The normalized spacial score (nSPS) is 14.0. The summed E-state index contributed by atoms with van der Waals surface area (Å²) in [6, 6.07) is 5.89. The summed E-state index contributed by atoms with van der Waals surface area (Å²) < 4.78 is 5.43. The lowest BCUT2D eigenvalue weighted by molar-refractivity contribution is -0.113. The van der Waals surface area contributed by atoms with Crippen LogP contribution in [0.3, 0.4) is 0 Å². The van der Waals surface area contributed by atoms with Crippen molar-refractivity contribution in [1.82, 2.24) is 4.90 Å². The molecule has 0 fully saturated rings. The van der Waals surface area contributed by atoms with Crippen molar-refractivity contribution in [3.05, 3.63) is 42.0 Å². The maximum atomic E-state index is 12.2. The largest absolute Gasteiger partial charge is 0.444 e. The quantitative estimate of drug-likeness (QED) is 0.788. The number of carbonyl (C=O) groups excluding carboxylic acids is 2. The van der Waals surface area contributed by atoms with Crippen LogP contribution in [0.1, 0.15) is 31.9 Å². The molecule has 0 unspecified atom stereocenters. The Kier molecular flexibility index (Phi) is 4.78. The molecular formula is C18H24N2O3. The highest BCUT2D eigenvalue weighted by molar-refractivity contribution is 6.00. The first kappa shape index (κ1) is 17.1. The van der Waals surface area contributed by atoms with Crippen LogP contribution in [0.2, 0.25) is 0 Å². The van der Waals surface area contributed by atoms with Gasteiger partial charge >= 0.3 is 6.09 Å². The molecule has 0 saturated heterocycles. The summed E-state index contributed by atoms with van der Waals surface area (Å²) >= 11 is 0. The van der Waals surface area contributed by atoms with E-state index in [1.54, 1.807) is 16.8 Å². The van der Waals surface area contributed by atoms with Crippen molar-refractivity contribution in [2.75, 3.05) is 18.5 Å². The number of hydrogen-bond acceptors (Lipinski definition) is 3. The van der Waals surface area contributed by atoms with Crippen LogP contribution in [-0.2, 0) is 22.5 Å². The molecule has 2 rings (SSSR count). The zero-order valence-corrected chi connectivity index (χ0v) is 14.3. The first-order chi connectivity index (χ1) is 10.7. The summed E-state index contributed by atoms with van der Waals surface area (Å²) in [6.07, 6.45) is 1.77. The van der Waals surface area contributed by atoms with Gasteiger partial charge < -0.3 is 14.5 Å². The number of anilines is 1. The van der Waals surface area contributed by atoms with Crippen molar-refractivity contribution in [1.29, 1.82) is 0 Å². The van der Waals surface area contributed by atoms with Crippen LogP contribution in [0, 0.1) is 0 Å². The predicted molar refractivity (Wildman–Crippen MR) is 90.4 cm³/mol. The number of nitrogens with zero attached hydrogens (tertiary/aromatic N) is 2. The topological polar surface area (TPSA) is 49.9 Å². The van der Waals surface area contributed by atoms with Gasteiger partial charge in [-0.15, -0.1) is 0 Å². The second kappa shape index (κ2) is 6.44. The van der Waals surface area contributed by atoms with Gasteiger partial charge in [-0.1, -0.05) is 12.6 Å². The Bertz CT molecular complexity index is 632. The summed E-state index contributed by atoms with van der Waals surface area (Å²) in [4.78, 5) is 27.2.